The van der Waals surface area contributed by atoms with Gasteiger partial charge in [0.25, 0.3) is 5.91 Å². The summed E-state index contributed by atoms with van der Waals surface area (Å²) in [6, 6.07) is 5.17. The van der Waals surface area contributed by atoms with E-state index in [9.17, 15) is 9.59 Å². The zero-order chi connectivity index (χ0) is 14.7. The molecule has 1 aromatic rings. The third-order valence-corrected chi connectivity index (χ3v) is 3.56. The molecule has 108 valence electrons. The van der Waals surface area contributed by atoms with Crippen LogP contribution < -0.4 is 10.6 Å². The lowest BCUT2D eigenvalue weighted by atomic mass is 10.0. The van der Waals surface area contributed by atoms with Gasteiger partial charge in [0.1, 0.15) is 0 Å². The fourth-order valence-corrected chi connectivity index (χ4v) is 2.32. The second kappa shape index (κ2) is 6.05. The molecule has 2 rings (SSSR count). The maximum Gasteiger partial charge on any atom is 0.251 e. The number of aliphatic hydroxyl groups excluding tert-OH is 1. The van der Waals surface area contributed by atoms with E-state index >= 15 is 0 Å². The summed E-state index contributed by atoms with van der Waals surface area (Å²) in [4.78, 5) is 23.5. The minimum atomic E-state index is -0.180. The molecule has 2 amide bonds. The van der Waals surface area contributed by atoms with Crippen LogP contribution in [0.5, 0.6) is 0 Å². The standard InChI is InChI=1S/C15H20N2O3/c1-9(2)12(5-6-18)17-15(20)11-4-3-10-8-14(19)16-13(10)7-11/h3-4,7,9,12,18H,5-6,8H2,1-2H3,(H,16,19)(H,17,20). The number of carbonyl (C=O) groups is 2. The molecule has 3 N–H and O–H groups in total. The van der Waals surface area contributed by atoms with Gasteiger partial charge in [-0.25, -0.2) is 0 Å². The van der Waals surface area contributed by atoms with E-state index in [0.29, 0.717) is 24.1 Å². The molecular formula is C15H20N2O3. The first-order chi connectivity index (χ1) is 9.51. The highest BCUT2D eigenvalue weighted by atomic mass is 16.3. The van der Waals surface area contributed by atoms with Gasteiger partial charge in [-0.05, 0) is 30.0 Å². The number of aliphatic hydroxyl groups is 1. The van der Waals surface area contributed by atoms with Crippen LogP contribution >= 0.6 is 0 Å². The van der Waals surface area contributed by atoms with Crippen molar-refractivity contribution in [1.82, 2.24) is 5.32 Å². The third kappa shape index (κ3) is 3.17. The second-order valence-electron chi connectivity index (χ2n) is 5.43. The minimum absolute atomic E-state index is 0.0436. The van der Waals surface area contributed by atoms with E-state index in [1.165, 1.54) is 0 Å². The summed E-state index contributed by atoms with van der Waals surface area (Å²) >= 11 is 0. The maximum absolute atomic E-state index is 12.2. The normalized spacial score (nSPS) is 14.9. The van der Waals surface area contributed by atoms with E-state index in [1.54, 1.807) is 18.2 Å². The highest BCUT2D eigenvalue weighted by Crippen LogP contribution is 2.24. The summed E-state index contributed by atoms with van der Waals surface area (Å²) in [6.45, 7) is 4.05. The first-order valence-electron chi connectivity index (χ1n) is 6.85. The highest BCUT2D eigenvalue weighted by molar-refractivity contribution is 6.02. The highest BCUT2D eigenvalue weighted by Gasteiger charge is 2.21. The summed E-state index contributed by atoms with van der Waals surface area (Å²) in [5.41, 5.74) is 2.16. The molecule has 1 aliphatic rings. The molecule has 0 radical (unpaired) electrons. The molecule has 5 nitrogen and oxygen atoms in total. The number of benzene rings is 1. The lowest BCUT2D eigenvalue weighted by Crippen LogP contribution is -2.39. The van der Waals surface area contributed by atoms with E-state index in [2.05, 4.69) is 10.6 Å². The Hall–Kier alpha value is -1.88. The van der Waals surface area contributed by atoms with E-state index in [1.807, 2.05) is 13.8 Å². The average molecular weight is 276 g/mol. The molecule has 1 aromatic carbocycles. The van der Waals surface area contributed by atoms with Crippen molar-refractivity contribution in [2.75, 3.05) is 11.9 Å². The lowest BCUT2D eigenvalue weighted by molar-refractivity contribution is -0.115. The van der Waals surface area contributed by atoms with E-state index in [4.69, 9.17) is 5.11 Å². The summed E-state index contributed by atoms with van der Waals surface area (Å²) in [5, 5.41) is 14.7. The van der Waals surface area contributed by atoms with E-state index in [0.717, 1.165) is 5.56 Å². The van der Waals surface area contributed by atoms with Gasteiger partial charge in [0.2, 0.25) is 5.91 Å². The molecule has 0 aromatic heterocycles. The van der Waals surface area contributed by atoms with Crippen molar-refractivity contribution in [1.29, 1.82) is 0 Å². The zero-order valence-electron chi connectivity index (χ0n) is 11.8. The first-order valence-corrected chi connectivity index (χ1v) is 6.85. The van der Waals surface area contributed by atoms with Crippen LogP contribution in [0.25, 0.3) is 0 Å². The molecule has 5 heteroatoms. The molecule has 1 unspecified atom stereocenters. The van der Waals surface area contributed by atoms with Crippen LogP contribution in [0.4, 0.5) is 5.69 Å². The Morgan fingerprint density at radius 2 is 2.20 bits per heavy atom. The van der Waals surface area contributed by atoms with E-state index < -0.39 is 0 Å². The second-order valence-corrected chi connectivity index (χ2v) is 5.43. The van der Waals surface area contributed by atoms with Gasteiger partial charge in [0, 0.05) is 23.9 Å². The smallest absolute Gasteiger partial charge is 0.251 e. The molecule has 1 heterocycles. The SMILES string of the molecule is CC(C)C(CCO)NC(=O)c1ccc2c(c1)NC(=O)C2. The topological polar surface area (TPSA) is 78.4 Å². The maximum atomic E-state index is 12.2. The molecule has 0 saturated carbocycles. The van der Waals surface area contributed by atoms with Crippen molar-refractivity contribution in [2.45, 2.75) is 32.7 Å². The van der Waals surface area contributed by atoms with Gasteiger partial charge in [-0.3, -0.25) is 9.59 Å². The van der Waals surface area contributed by atoms with Crippen LogP contribution in [0, 0.1) is 5.92 Å². The zero-order valence-corrected chi connectivity index (χ0v) is 11.8. The number of carbonyl (C=O) groups excluding carboxylic acids is 2. The van der Waals surface area contributed by atoms with Crippen LogP contribution in [-0.4, -0.2) is 29.6 Å². The number of hydrogen-bond acceptors (Lipinski definition) is 3. The summed E-state index contributed by atoms with van der Waals surface area (Å²) < 4.78 is 0. The average Bonchev–Trinajstić information content (AvgIpc) is 2.76. The van der Waals surface area contributed by atoms with Crippen LogP contribution in [0.1, 0.15) is 36.2 Å². The van der Waals surface area contributed by atoms with Crippen molar-refractivity contribution in [3.63, 3.8) is 0 Å². The number of amides is 2. The Morgan fingerprint density at radius 1 is 1.45 bits per heavy atom. The first kappa shape index (κ1) is 14.5. The molecule has 1 aliphatic heterocycles. The van der Waals surface area contributed by atoms with Crippen LogP contribution in [0.2, 0.25) is 0 Å². The molecule has 0 fully saturated rings. The minimum Gasteiger partial charge on any atom is -0.396 e. The predicted molar refractivity (Wildman–Crippen MR) is 76.6 cm³/mol. The van der Waals surface area contributed by atoms with Gasteiger partial charge in [0.15, 0.2) is 0 Å². The van der Waals surface area contributed by atoms with Gasteiger partial charge in [-0.2, -0.15) is 0 Å². The molecule has 0 bridgehead atoms. The van der Waals surface area contributed by atoms with Gasteiger partial charge in [0.05, 0.1) is 6.42 Å². The number of anilines is 1. The summed E-state index contributed by atoms with van der Waals surface area (Å²) in [6.07, 6.45) is 0.904. The van der Waals surface area contributed by atoms with Crippen molar-refractivity contribution >= 4 is 17.5 Å². The molecule has 20 heavy (non-hydrogen) atoms. The van der Waals surface area contributed by atoms with Gasteiger partial charge < -0.3 is 15.7 Å². The monoisotopic (exact) mass is 276 g/mol. The third-order valence-electron chi connectivity index (χ3n) is 3.56. The van der Waals surface area contributed by atoms with Gasteiger partial charge in [-0.1, -0.05) is 19.9 Å². The largest absolute Gasteiger partial charge is 0.396 e. The van der Waals surface area contributed by atoms with Gasteiger partial charge >= 0.3 is 0 Å². The fraction of sp³-hybridized carbons (Fsp3) is 0.467. The summed E-state index contributed by atoms with van der Waals surface area (Å²) in [5.74, 6) is 0.0271. The Morgan fingerprint density at radius 3 is 2.85 bits per heavy atom. The van der Waals surface area contributed by atoms with E-state index in [-0.39, 0.29) is 30.4 Å². The fourth-order valence-electron chi connectivity index (χ4n) is 2.32. The number of rotatable bonds is 5. The molecule has 1 atom stereocenters. The molecule has 0 aliphatic carbocycles. The molecular weight excluding hydrogens is 256 g/mol. The van der Waals surface area contributed by atoms with Gasteiger partial charge in [-0.15, -0.1) is 0 Å². The molecule has 0 saturated heterocycles. The Labute approximate surface area is 118 Å². The lowest BCUT2D eigenvalue weighted by Gasteiger charge is -2.21. The van der Waals surface area contributed by atoms with Crippen LogP contribution in [0.3, 0.4) is 0 Å². The number of fused-ring (bicyclic) bond motifs is 1. The Kier molecular flexibility index (Phi) is 4.39. The predicted octanol–water partition coefficient (Wildman–Crippen LogP) is 1.32. The molecule has 0 spiro atoms. The number of nitrogens with one attached hydrogen (secondary N) is 2. The van der Waals surface area contributed by atoms with Crippen molar-refractivity contribution < 1.29 is 14.7 Å². The quantitative estimate of drug-likeness (QED) is 0.759. The van der Waals surface area contributed by atoms with Crippen molar-refractivity contribution in [2.24, 2.45) is 5.92 Å². The number of hydrogen-bond donors (Lipinski definition) is 3. The van der Waals surface area contributed by atoms with Crippen LogP contribution in [0.15, 0.2) is 18.2 Å². The Balaban J connectivity index is 2.10. The summed E-state index contributed by atoms with van der Waals surface area (Å²) in [7, 11) is 0. The van der Waals surface area contributed by atoms with Crippen molar-refractivity contribution in [3.05, 3.63) is 29.3 Å². The van der Waals surface area contributed by atoms with Crippen molar-refractivity contribution in [3.8, 4) is 0 Å². The van der Waals surface area contributed by atoms with Crippen LogP contribution in [-0.2, 0) is 11.2 Å². The Bertz CT molecular complexity index is 526.